The van der Waals surface area contributed by atoms with E-state index >= 15 is 0 Å². The fraction of sp³-hybridized carbons (Fsp3) is 0.333. The van der Waals surface area contributed by atoms with Crippen LogP contribution < -0.4 is 5.32 Å². The summed E-state index contributed by atoms with van der Waals surface area (Å²) in [5.74, 6) is -1.72. The van der Waals surface area contributed by atoms with Crippen LogP contribution in [-0.4, -0.2) is 35.2 Å². The van der Waals surface area contributed by atoms with Crippen LogP contribution in [0.1, 0.15) is 6.42 Å². The number of hydrogen-bond donors (Lipinski definition) is 1. The molecule has 1 fully saturated rings. The minimum Gasteiger partial charge on any atom is -0.344 e. The van der Waals surface area contributed by atoms with E-state index in [-0.39, 0.29) is 12.1 Å². The smallest absolute Gasteiger partial charge is 0.255 e. The summed E-state index contributed by atoms with van der Waals surface area (Å²) in [5, 5.41) is 2.35. The van der Waals surface area contributed by atoms with Crippen LogP contribution in [0, 0.1) is 5.82 Å². The number of hydrogen-bond acceptors (Lipinski definition) is 2. The molecule has 0 bridgehead atoms. The standard InChI is InChI=1S/C12H12ClFN2O2/c1-16-7-6-12(13,11(16)18)10(17)15-9-5-3-2-4-8(9)14/h2-5H,6-7H2,1H3,(H,15,17). The molecule has 0 aliphatic carbocycles. The first-order valence-corrected chi connectivity index (χ1v) is 5.83. The van der Waals surface area contributed by atoms with Crippen LogP contribution in [0.3, 0.4) is 0 Å². The van der Waals surface area contributed by atoms with Crippen LogP contribution in [-0.2, 0) is 9.59 Å². The molecule has 1 unspecified atom stereocenters. The van der Waals surface area contributed by atoms with E-state index in [1.54, 1.807) is 13.1 Å². The topological polar surface area (TPSA) is 49.4 Å². The second-order valence-corrected chi connectivity index (χ2v) is 4.86. The molecule has 1 aromatic rings. The zero-order valence-corrected chi connectivity index (χ0v) is 10.5. The van der Waals surface area contributed by atoms with Gasteiger partial charge in [-0.15, -0.1) is 0 Å². The van der Waals surface area contributed by atoms with E-state index in [1.807, 2.05) is 0 Å². The maximum Gasteiger partial charge on any atom is 0.255 e. The second kappa shape index (κ2) is 4.57. The average Bonchev–Trinajstić information content (AvgIpc) is 2.61. The van der Waals surface area contributed by atoms with Crippen molar-refractivity contribution in [2.75, 3.05) is 18.9 Å². The molecule has 2 rings (SSSR count). The molecule has 0 spiro atoms. The monoisotopic (exact) mass is 270 g/mol. The lowest BCUT2D eigenvalue weighted by Crippen LogP contribution is -2.44. The van der Waals surface area contributed by atoms with Crippen molar-refractivity contribution in [1.29, 1.82) is 0 Å². The molecule has 0 aromatic heterocycles. The molecule has 18 heavy (non-hydrogen) atoms. The molecule has 4 nitrogen and oxygen atoms in total. The molecular formula is C12H12ClFN2O2. The fourth-order valence-corrected chi connectivity index (χ4v) is 2.10. The largest absolute Gasteiger partial charge is 0.344 e. The van der Waals surface area contributed by atoms with Crippen molar-refractivity contribution >= 4 is 29.1 Å². The van der Waals surface area contributed by atoms with Crippen LogP contribution in [0.5, 0.6) is 0 Å². The SMILES string of the molecule is CN1CCC(Cl)(C(=O)Nc2ccccc2F)C1=O. The second-order valence-electron chi connectivity index (χ2n) is 4.21. The third kappa shape index (κ3) is 2.06. The Bertz CT molecular complexity index is 509. The van der Waals surface area contributed by atoms with Gasteiger partial charge in [0, 0.05) is 20.0 Å². The van der Waals surface area contributed by atoms with Crippen molar-refractivity contribution in [3.8, 4) is 0 Å². The highest BCUT2D eigenvalue weighted by Gasteiger charge is 2.50. The number of anilines is 1. The quantitative estimate of drug-likeness (QED) is 0.656. The Balaban J connectivity index is 2.19. The van der Waals surface area contributed by atoms with Crippen molar-refractivity contribution in [1.82, 2.24) is 4.90 Å². The molecule has 96 valence electrons. The number of para-hydroxylation sites is 1. The van der Waals surface area contributed by atoms with Crippen molar-refractivity contribution in [2.24, 2.45) is 0 Å². The predicted molar refractivity (Wildman–Crippen MR) is 65.9 cm³/mol. The van der Waals surface area contributed by atoms with Crippen LogP contribution in [0.2, 0.25) is 0 Å². The Morgan fingerprint density at radius 1 is 1.50 bits per heavy atom. The van der Waals surface area contributed by atoms with Gasteiger partial charge in [0.15, 0.2) is 0 Å². The van der Waals surface area contributed by atoms with E-state index in [0.717, 1.165) is 0 Å². The van der Waals surface area contributed by atoms with Gasteiger partial charge in [-0.3, -0.25) is 9.59 Å². The Morgan fingerprint density at radius 3 is 2.72 bits per heavy atom. The third-order valence-electron chi connectivity index (χ3n) is 2.96. The molecule has 0 saturated carbocycles. The molecule has 1 aliphatic rings. The van der Waals surface area contributed by atoms with Gasteiger partial charge in [0.1, 0.15) is 5.82 Å². The average molecular weight is 271 g/mol. The summed E-state index contributed by atoms with van der Waals surface area (Å²) < 4.78 is 13.4. The van der Waals surface area contributed by atoms with Gasteiger partial charge in [-0.1, -0.05) is 23.7 Å². The molecule has 6 heteroatoms. The van der Waals surface area contributed by atoms with Gasteiger partial charge in [0.05, 0.1) is 5.69 Å². The van der Waals surface area contributed by atoms with Gasteiger partial charge in [-0.05, 0) is 12.1 Å². The number of rotatable bonds is 2. The van der Waals surface area contributed by atoms with Crippen molar-refractivity contribution in [2.45, 2.75) is 11.3 Å². The van der Waals surface area contributed by atoms with E-state index in [9.17, 15) is 14.0 Å². The van der Waals surface area contributed by atoms with Crippen molar-refractivity contribution in [3.05, 3.63) is 30.1 Å². The van der Waals surface area contributed by atoms with E-state index < -0.39 is 22.5 Å². The summed E-state index contributed by atoms with van der Waals surface area (Å²) in [5.41, 5.74) is 0.0184. The summed E-state index contributed by atoms with van der Waals surface area (Å²) in [6, 6.07) is 5.73. The van der Waals surface area contributed by atoms with E-state index in [2.05, 4.69) is 5.32 Å². The van der Waals surface area contributed by atoms with Gasteiger partial charge in [0.2, 0.25) is 4.87 Å². The Kier molecular flexibility index (Phi) is 3.26. The Labute approximate surface area is 109 Å². The summed E-state index contributed by atoms with van der Waals surface area (Å²) in [6.07, 6.45) is 0.212. The first-order valence-electron chi connectivity index (χ1n) is 5.45. The van der Waals surface area contributed by atoms with E-state index in [4.69, 9.17) is 11.6 Å². The highest BCUT2D eigenvalue weighted by atomic mass is 35.5. The summed E-state index contributed by atoms with van der Waals surface area (Å²) in [6.45, 7) is 0.410. The van der Waals surface area contributed by atoms with Crippen molar-refractivity contribution < 1.29 is 14.0 Å². The molecule has 1 aliphatic heterocycles. The Morgan fingerprint density at radius 2 is 2.17 bits per heavy atom. The maximum atomic E-state index is 13.4. The van der Waals surface area contributed by atoms with Crippen LogP contribution in [0.4, 0.5) is 10.1 Å². The molecule has 2 amide bonds. The molecule has 1 N–H and O–H groups in total. The minimum atomic E-state index is -1.63. The number of benzene rings is 1. The first-order chi connectivity index (χ1) is 8.45. The van der Waals surface area contributed by atoms with Gasteiger partial charge in [-0.25, -0.2) is 4.39 Å². The Hall–Kier alpha value is -1.62. The lowest BCUT2D eigenvalue weighted by Gasteiger charge is -2.18. The predicted octanol–water partition coefficient (Wildman–Crippen LogP) is 1.60. The normalized spacial score (nSPS) is 23.3. The number of carbonyl (C=O) groups excluding carboxylic acids is 2. The number of nitrogens with one attached hydrogen (secondary N) is 1. The van der Waals surface area contributed by atoms with Gasteiger partial charge < -0.3 is 10.2 Å². The number of amides is 2. The van der Waals surface area contributed by atoms with E-state index in [0.29, 0.717) is 6.54 Å². The summed E-state index contributed by atoms with van der Waals surface area (Å²) in [7, 11) is 1.57. The van der Waals surface area contributed by atoms with Gasteiger partial charge >= 0.3 is 0 Å². The lowest BCUT2D eigenvalue weighted by atomic mass is 10.1. The number of halogens is 2. The zero-order valence-electron chi connectivity index (χ0n) is 9.74. The number of likely N-dealkylation sites (tertiary alicyclic amines) is 1. The number of carbonyl (C=O) groups is 2. The van der Waals surface area contributed by atoms with Gasteiger partial charge in [0.25, 0.3) is 11.8 Å². The van der Waals surface area contributed by atoms with Crippen LogP contribution in [0.15, 0.2) is 24.3 Å². The molecular weight excluding hydrogens is 259 g/mol. The third-order valence-corrected chi connectivity index (χ3v) is 3.48. The van der Waals surface area contributed by atoms with Crippen molar-refractivity contribution in [3.63, 3.8) is 0 Å². The summed E-state index contributed by atoms with van der Waals surface area (Å²) in [4.78, 5) is 23.5. The highest BCUT2D eigenvalue weighted by molar-refractivity contribution is 6.48. The first kappa shape index (κ1) is 12.8. The molecule has 0 radical (unpaired) electrons. The maximum absolute atomic E-state index is 13.4. The van der Waals surface area contributed by atoms with Crippen LogP contribution in [0.25, 0.3) is 0 Å². The molecule has 1 saturated heterocycles. The number of nitrogens with zero attached hydrogens (tertiary/aromatic N) is 1. The van der Waals surface area contributed by atoms with E-state index in [1.165, 1.54) is 23.1 Å². The highest BCUT2D eigenvalue weighted by Crippen LogP contribution is 2.30. The fourth-order valence-electron chi connectivity index (χ4n) is 1.83. The van der Waals surface area contributed by atoms with Crippen LogP contribution >= 0.6 is 11.6 Å². The number of alkyl halides is 1. The molecule has 1 atom stereocenters. The zero-order chi connectivity index (χ0) is 13.3. The molecule has 1 aromatic carbocycles. The minimum absolute atomic E-state index is 0.0184. The van der Waals surface area contributed by atoms with Gasteiger partial charge in [-0.2, -0.15) is 0 Å². The summed E-state index contributed by atoms with van der Waals surface area (Å²) >= 11 is 6.04. The molecule has 1 heterocycles. The lowest BCUT2D eigenvalue weighted by molar-refractivity contribution is -0.133.